The first kappa shape index (κ1) is 15.3. The van der Waals surface area contributed by atoms with Gasteiger partial charge in [-0.3, -0.25) is 0 Å². The van der Waals surface area contributed by atoms with E-state index in [-0.39, 0.29) is 0 Å². The van der Waals surface area contributed by atoms with Gasteiger partial charge in [-0.25, -0.2) is 0 Å². The summed E-state index contributed by atoms with van der Waals surface area (Å²) in [5.41, 5.74) is 0.733. The molecule has 2 N–H and O–H groups in total. The van der Waals surface area contributed by atoms with Gasteiger partial charge in [0.1, 0.15) is 0 Å². The zero-order valence-corrected chi connectivity index (χ0v) is 13.0. The number of aliphatic hydroxyl groups excluding tert-OH is 1. The van der Waals surface area contributed by atoms with Crippen LogP contribution in [0.1, 0.15) is 11.7 Å². The van der Waals surface area contributed by atoms with Crippen LogP contribution in [0.4, 0.5) is 5.13 Å². The highest BCUT2D eigenvalue weighted by Gasteiger charge is 2.13. The van der Waals surface area contributed by atoms with Crippen molar-refractivity contribution in [2.24, 2.45) is 0 Å². The highest BCUT2D eigenvalue weighted by Crippen LogP contribution is 2.31. The van der Waals surface area contributed by atoms with E-state index in [4.69, 9.17) is 11.6 Å². The van der Waals surface area contributed by atoms with E-state index in [1.165, 1.54) is 23.1 Å². The van der Waals surface area contributed by atoms with Crippen LogP contribution in [0.2, 0.25) is 5.02 Å². The van der Waals surface area contributed by atoms with Gasteiger partial charge < -0.3 is 10.4 Å². The van der Waals surface area contributed by atoms with Gasteiger partial charge in [0.25, 0.3) is 0 Å². The molecule has 0 saturated heterocycles. The van der Waals surface area contributed by atoms with Crippen LogP contribution in [-0.4, -0.2) is 27.6 Å². The van der Waals surface area contributed by atoms with Crippen molar-refractivity contribution < 1.29 is 5.11 Å². The number of halogens is 1. The smallest absolute Gasteiger partial charge is 0.206 e. The number of rotatable bonds is 7. The van der Waals surface area contributed by atoms with E-state index in [1.807, 2.05) is 18.2 Å². The van der Waals surface area contributed by atoms with E-state index in [0.29, 0.717) is 17.3 Å². The van der Waals surface area contributed by atoms with Gasteiger partial charge in [0.15, 0.2) is 4.34 Å². The molecule has 0 aliphatic heterocycles. The van der Waals surface area contributed by atoms with Crippen molar-refractivity contribution in [2.45, 2.75) is 10.4 Å². The molecule has 106 valence electrons. The van der Waals surface area contributed by atoms with E-state index in [9.17, 15) is 5.11 Å². The molecule has 1 aromatic carbocycles. The van der Waals surface area contributed by atoms with Crippen molar-refractivity contribution in [1.29, 1.82) is 0 Å². The molecule has 1 atom stereocenters. The molecule has 20 heavy (non-hydrogen) atoms. The highest BCUT2D eigenvalue weighted by atomic mass is 35.5. The molecule has 0 saturated carbocycles. The SMILES string of the molecule is C=CCNc1nnc(SCC(O)c2ccccc2Cl)s1. The van der Waals surface area contributed by atoms with Crippen LogP contribution >= 0.6 is 34.7 Å². The second kappa shape index (κ2) is 7.64. The molecule has 0 bridgehead atoms. The largest absolute Gasteiger partial charge is 0.387 e. The third-order valence-electron chi connectivity index (χ3n) is 2.43. The average molecular weight is 328 g/mol. The fourth-order valence-corrected chi connectivity index (χ4v) is 3.49. The van der Waals surface area contributed by atoms with Gasteiger partial charge in [-0.2, -0.15) is 0 Å². The molecule has 1 unspecified atom stereocenters. The third-order valence-corrected chi connectivity index (χ3v) is 4.87. The summed E-state index contributed by atoms with van der Waals surface area (Å²) in [6, 6.07) is 7.29. The second-order valence-electron chi connectivity index (χ2n) is 3.89. The Bertz CT molecular complexity index is 576. The summed E-state index contributed by atoms with van der Waals surface area (Å²) in [5.74, 6) is 0.486. The molecule has 2 rings (SSSR count). The van der Waals surface area contributed by atoms with Crippen LogP contribution in [0.3, 0.4) is 0 Å². The van der Waals surface area contributed by atoms with E-state index < -0.39 is 6.10 Å². The molecule has 1 heterocycles. The van der Waals surface area contributed by atoms with Crippen molar-refractivity contribution in [2.75, 3.05) is 17.6 Å². The topological polar surface area (TPSA) is 58.0 Å². The lowest BCUT2D eigenvalue weighted by molar-refractivity contribution is 0.204. The van der Waals surface area contributed by atoms with Crippen LogP contribution in [-0.2, 0) is 0 Å². The Labute approximate surface area is 130 Å². The monoisotopic (exact) mass is 327 g/mol. The molecule has 0 aliphatic rings. The van der Waals surface area contributed by atoms with Crippen LogP contribution in [0.5, 0.6) is 0 Å². The van der Waals surface area contributed by atoms with Crippen molar-refractivity contribution >= 4 is 39.8 Å². The maximum Gasteiger partial charge on any atom is 0.206 e. The Morgan fingerprint density at radius 3 is 3.00 bits per heavy atom. The van der Waals surface area contributed by atoms with E-state index in [2.05, 4.69) is 22.1 Å². The fourth-order valence-electron chi connectivity index (χ4n) is 1.48. The molecule has 1 aromatic heterocycles. The Morgan fingerprint density at radius 1 is 1.45 bits per heavy atom. The number of aliphatic hydroxyl groups is 1. The number of hydrogen-bond acceptors (Lipinski definition) is 6. The minimum absolute atomic E-state index is 0.486. The van der Waals surface area contributed by atoms with Gasteiger partial charge >= 0.3 is 0 Å². The van der Waals surface area contributed by atoms with Gasteiger partial charge in [0.05, 0.1) is 6.10 Å². The zero-order chi connectivity index (χ0) is 14.4. The number of benzene rings is 1. The highest BCUT2D eigenvalue weighted by molar-refractivity contribution is 8.01. The molecule has 2 aromatic rings. The summed E-state index contributed by atoms with van der Waals surface area (Å²) in [4.78, 5) is 0. The second-order valence-corrected chi connectivity index (χ2v) is 6.54. The molecule has 0 aliphatic carbocycles. The summed E-state index contributed by atoms with van der Waals surface area (Å²) in [6.45, 7) is 4.28. The van der Waals surface area contributed by atoms with Crippen molar-refractivity contribution in [3.8, 4) is 0 Å². The van der Waals surface area contributed by atoms with Gasteiger partial charge in [-0.15, -0.1) is 16.8 Å². The van der Waals surface area contributed by atoms with Crippen LogP contribution in [0, 0.1) is 0 Å². The number of hydrogen-bond donors (Lipinski definition) is 2. The third kappa shape index (κ3) is 4.21. The molecular formula is C13H14ClN3OS2. The van der Waals surface area contributed by atoms with Gasteiger partial charge in [0, 0.05) is 17.3 Å². The van der Waals surface area contributed by atoms with Crippen molar-refractivity contribution in [3.05, 3.63) is 47.5 Å². The molecule has 0 fully saturated rings. The Kier molecular flexibility index (Phi) is 5.85. The van der Waals surface area contributed by atoms with Crippen LogP contribution in [0.25, 0.3) is 0 Å². The quantitative estimate of drug-likeness (QED) is 0.601. The van der Waals surface area contributed by atoms with Crippen molar-refractivity contribution in [1.82, 2.24) is 10.2 Å². The number of nitrogens with zero attached hydrogens (tertiary/aromatic N) is 2. The molecular weight excluding hydrogens is 314 g/mol. The predicted octanol–water partition coefficient (Wildman–Crippen LogP) is 3.62. The summed E-state index contributed by atoms with van der Waals surface area (Å²) in [7, 11) is 0. The molecule has 0 radical (unpaired) electrons. The van der Waals surface area contributed by atoms with E-state index in [0.717, 1.165) is 15.0 Å². The fraction of sp³-hybridized carbons (Fsp3) is 0.231. The average Bonchev–Trinajstić information content (AvgIpc) is 2.91. The normalized spacial score (nSPS) is 12.1. The first-order valence-corrected chi connectivity index (χ1v) is 8.12. The summed E-state index contributed by atoms with van der Waals surface area (Å²) in [6.07, 6.45) is 1.14. The Morgan fingerprint density at radius 2 is 2.25 bits per heavy atom. The lowest BCUT2D eigenvalue weighted by Gasteiger charge is -2.10. The lowest BCUT2D eigenvalue weighted by Crippen LogP contribution is -2.01. The molecule has 4 nitrogen and oxygen atoms in total. The maximum absolute atomic E-state index is 10.1. The van der Waals surface area contributed by atoms with Crippen LogP contribution < -0.4 is 5.32 Å². The Hall–Kier alpha value is -1.08. The minimum Gasteiger partial charge on any atom is -0.387 e. The minimum atomic E-state index is -0.623. The van der Waals surface area contributed by atoms with Gasteiger partial charge in [0.2, 0.25) is 5.13 Å². The van der Waals surface area contributed by atoms with Crippen molar-refractivity contribution in [3.63, 3.8) is 0 Å². The standard InChI is InChI=1S/C13H14ClN3OS2/c1-2-7-15-12-16-17-13(20-12)19-8-11(18)9-5-3-4-6-10(9)14/h2-6,11,18H,1,7-8H2,(H,15,16). The Balaban J connectivity index is 1.90. The number of anilines is 1. The van der Waals surface area contributed by atoms with Gasteiger partial charge in [-0.1, -0.05) is 59.0 Å². The molecule has 7 heteroatoms. The number of thioether (sulfide) groups is 1. The zero-order valence-electron chi connectivity index (χ0n) is 10.6. The first-order valence-electron chi connectivity index (χ1n) is 5.94. The van der Waals surface area contributed by atoms with E-state index in [1.54, 1.807) is 12.1 Å². The summed E-state index contributed by atoms with van der Waals surface area (Å²) in [5, 5.41) is 22.6. The molecule has 0 spiro atoms. The summed E-state index contributed by atoms with van der Waals surface area (Å²) >= 11 is 8.96. The van der Waals surface area contributed by atoms with E-state index >= 15 is 0 Å². The summed E-state index contributed by atoms with van der Waals surface area (Å²) < 4.78 is 0.808. The lowest BCUT2D eigenvalue weighted by atomic mass is 10.1. The first-order chi connectivity index (χ1) is 9.70. The predicted molar refractivity (Wildman–Crippen MR) is 85.7 cm³/mol. The number of nitrogens with one attached hydrogen (secondary N) is 1. The number of aromatic nitrogens is 2. The maximum atomic E-state index is 10.1. The van der Waals surface area contributed by atoms with Gasteiger partial charge in [-0.05, 0) is 11.6 Å². The van der Waals surface area contributed by atoms with Crippen LogP contribution in [0.15, 0.2) is 41.3 Å². The molecule has 0 amide bonds.